The molecule has 0 bridgehead atoms. The Kier molecular flexibility index (Phi) is 21.1. The summed E-state index contributed by atoms with van der Waals surface area (Å²) in [4.78, 5) is 0. The number of nitrogens with two attached hydrogens (primary N) is 2. The quantitative estimate of drug-likeness (QED) is 0.237. The van der Waals surface area contributed by atoms with E-state index < -0.39 is 17.4 Å². The smallest absolute Gasteiger partial charge is 0.395 e. The van der Waals surface area contributed by atoms with Gasteiger partial charge in [0.25, 0.3) is 0 Å². The summed E-state index contributed by atoms with van der Waals surface area (Å²) in [5.41, 5.74) is 10.8. The van der Waals surface area contributed by atoms with Crippen LogP contribution in [0.5, 0.6) is 0 Å². The SMILES string of the molecule is CCO[Si](C)(CCN)OCC.CCO[Si](CC)(OCC)OCCNCCN. The molecule has 0 aromatic rings. The second-order valence-corrected chi connectivity index (χ2v) is 12.1. The molecule has 0 rings (SSSR count). The van der Waals surface area contributed by atoms with Gasteiger partial charge in [0.2, 0.25) is 0 Å². The second-order valence-electron chi connectivity index (χ2n) is 5.83. The Morgan fingerprint density at radius 3 is 1.59 bits per heavy atom. The predicted molar refractivity (Wildman–Crippen MR) is 116 cm³/mol. The maximum absolute atomic E-state index is 5.80. The van der Waals surface area contributed by atoms with Crippen LogP contribution in [0, 0.1) is 0 Å². The Bertz CT molecular complexity index is 295. The van der Waals surface area contributed by atoms with E-state index in [0.29, 0.717) is 32.9 Å². The summed E-state index contributed by atoms with van der Waals surface area (Å²) in [6.45, 7) is 18.2. The molecule has 0 spiro atoms. The van der Waals surface area contributed by atoms with Crippen molar-refractivity contribution < 1.29 is 22.1 Å². The fraction of sp³-hybridized carbons (Fsp3) is 1.00. The number of nitrogens with one attached hydrogen (secondary N) is 1. The Balaban J connectivity index is 0. The summed E-state index contributed by atoms with van der Waals surface area (Å²) in [5.74, 6) is 0. The molecular formula is C17H45N3O5Si2. The molecule has 10 heteroatoms. The summed E-state index contributed by atoms with van der Waals surface area (Å²) in [6, 6.07) is 1.69. The summed E-state index contributed by atoms with van der Waals surface area (Å²) in [7, 11) is -4.28. The predicted octanol–water partition coefficient (Wildman–Crippen LogP) is 1.67. The lowest BCUT2D eigenvalue weighted by molar-refractivity contribution is 0.0690. The first-order valence-corrected chi connectivity index (χ1v) is 14.7. The van der Waals surface area contributed by atoms with Gasteiger partial charge in [-0.05, 0) is 40.8 Å². The van der Waals surface area contributed by atoms with E-state index >= 15 is 0 Å². The van der Waals surface area contributed by atoms with Crippen LogP contribution in [0.1, 0.15) is 34.6 Å². The van der Waals surface area contributed by atoms with Crippen molar-refractivity contribution in [3.8, 4) is 0 Å². The molecule has 0 aliphatic heterocycles. The molecule has 0 saturated carbocycles. The molecule has 166 valence electrons. The van der Waals surface area contributed by atoms with Crippen molar-refractivity contribution in [2.75, 3.05) is 59.2 Å². The number of rotatable bonds is 17. The molecule has 0 amide bonds. The first-order valence-electron chi connectivity index (χ1n) is 10.2. The van der Waals surface area contributed by atoms with Crippen LogP contribution >= 0.6 is 0 Å². The van der Waals surface area contributed by atoms with Crippen LogP contribution in [0.25, 0.3) is 0 Å². The van der Waals surface area contributed by atoms with Crippen molar-refractivity contribution in [3.05, 3.63) is 0 Å². The largest absolute Gasteiger partial charge is 0.500 e. The molecule has 0 fully saturated rings. The van der Waals surface area contributed by atoms with Crippen molar-refractivity contribution in [1.29, 1.82) is 0 Å². The molecule has 0 aromatic heterocycles. The summed E-state index contributed by atoms with van der Waals surface area (Å²) in [5, 5.41) is 3.18. The maximum Gasteiger partial charge on any atom is 0.500 e. The monoisotopic (exact) mass is 427 g/mol. The summed E-state index contributed by atoms with van der Waals surface area (Å²) < 4.78 is 28.2. The lowest BCUT2D eigenvalue weighted by atomic mass is 10.6. The Labute approximate surface area is 169 Å². The van der Waals surface area contributed by atoms with Gasteiger partial charge in [-0.2, -0.15) is 0 Å². The first-order chi connectivity index (χ1) is 12.9. The van der Waals surface area contributed by atoms with E-state index in [1.807, 2.05) is 34.6 Å². The molecule has 5 N–H and O–H groups in total. The van der Waals surface area contributed by atoms with E-state index in [-0.39, 0.29) is 0 Å². The van der Waals surface area contributed by atoms with Crippen LogP contribution in [0.2, 0.25) is 18.6 Å². The standard InChI is InChI=1S/C10H26N2O3Si.C7H19NO2Si/c1-4-13-16(6-3,14-5-2)15-10-9-12-8-7-11;1-4-9-11(3,7-6-8)10-5-2/h12H,4-11H2,1-3H3;4-8H2,1-3H3. The minimum atomic E-state index is -2.40. The molecule has 0 aromatic carbocycles. The van der Waals surface area contributed by atoms with Crippen molar-refractivity contribution in [1.82, 2.24) is 5.32 Å². The van der Waals surface area contributed by atoms with Crippen LogP contribution in [-0.2, 0) is 22.1 Å². The zero-order valence-electron chi connectivity index (χ0n) is 18.5. The van der Waals surface area contributed by atoms with Gasteiger partial charge in [0.1, 0.15) is 0 Å². The summed E-state index contributed by atoms with van der Waals surface area (Å²) >= 11 is 0. The van der Waals surface area contributed by atoms with Gasteiger partial charge in [-0.15, -0.1) is 0 Å². The molecule has 0 atom stereocenters. The number of hydrogen-bond donors (Lipinski definition) is 3. The Hall–Kier alpha value is 0.114. The minimum Gasteiger partial charge on any atom is -0.395 e. The normalized spacial score (nSPS) is 12.0. The van der Waals surface area contributed by atoms with Gasteiger partial charge in [0.05, 0.1) is 6.61 Å². The summed E-state index contributed by atoms with van der Waals surface area (Å²) in [6.07, 6.45) is 0. The number of hydrogen-bond acceptors (Lipinski definition) is 8. The zero-order chi connectivity index (χ0) is 21.0. The first kappa shape index (κ1) is 29.3. The highest BCUT2D eigenvalue weighted by atomic mass is 28.4. The van der Waals surface area contributed by atoms with Gasteiger partial charge in [-0.25, -0.2) is 0 Å². The van der Waals surface area contributed by atoms with Crippen molar-refractivity contribution in [3.63, 3.8) is 0 Å². The van der Waals surface area contributed by atoms with Crippen LogP contribution in [0.15, 0.2) is 0 Å². The van der Waals surface area contributed by atoms with E-state index in [9.17, 15) is 0 Å². The third kappa shape index (κ3) is 15.7. The second kappa shape index (κ2) is 19.4. The van der Waals surface area contributed by atoms with Crippen LogP contribution < -0.4 is 16.8 Å². The fourth-order valence-corrected chi connectivity index (χ4v) is 6.71. The molecule has 0 heterocycles. The highest BCUT2D eigenvalue weighted by Gasteiger charge is 2.38. The van der Waals surface area contributed by atoms with E-state index in [2.05, 4.69) is 11.9 Å². The molecule has 0 radical (unpaired) electrons. The molecule has 27 heavy (non-hydrogen) atoms. The lowest BCUT2D eigenvalue weighted by Crippen LogP contribution is -2.46. The van der Waals surface area contributed by atoms with Gasteiger partial charge in [-0.3, -0.25) is 0 Å². The molecule has 8 nitrogen and oxygen atoms in total. The van der Waals surface area contributed by atoms with E-state index in [1.165, 1.54) is 0 Å². The van der Waals surface area contributed by atoms with Gasteiger partial charge in [0, 0.05) is 58.1 Å². The van der Waals surface area contributed by atoms with Crippen molar-refractivity contribution >= 4 is 17.4 Å². The van der Waals surface area contributed by atoms with E-state index in [4.69, 9.17) is 33.6 Å². The van der Waals surface area contributed by atoms with Gasteiger partial charge in [0.15, 0.2) is 0 Å². The van der Waals surface area contributed by atoms with Crippen molar-refractivity contribution in [2.45, 2.75) is 53.3 Å². The van der Waals surface area contributed by atoms with Crippen LogP contribution in [-0.4, -0.2) is 76.6 Å². The van der Waals surface area contributed by atoms with Crippen molar-refractivity contribution in [2.24, 2.45) is 11.5 Å². The molecular weight excluding hydrogens is 382 g/mol. The average Bonchev–Trinajstić information content (AvgIpc) is 2.63. The van der Waals surface area contributed by atoms with Crippen LogP contribution in [0.4, 0.5) is 0 Å². The van der Waals surface area contributed by atoms with Gasteiger partial charge < -0.3 is 38.9 Å². The van der Waals surface area contributed by atoms with E-state index in [0.717, 1.165) is 38.4 Å². The lowest BCUT2D eigenvalue weighted by Gasteiger charge is -2.27. The Morgan fingerprint density at radius 1 is 0.704 bits per heavy atom. The third-order valence-corrected chi connectivity index (χ3v) is 9.54. The zero-order valence-corrected chi connectivity index (χ0v) is 20.5. The molecule has 0 unspecified atom stereocenters. The third-order valence-electron chi connectivity index (χ3n) is 3.58. The Morgan fingerprint density at radius 2 is 1.22 bits per heavy atom. The topological polar surface area (TPSA) is 110 Å². The molecule has 0 aliphatic rings. The molecule has 0 aliphatic carbocycles. The molecule has 0 saturated heterocycles. The van der Waals surface area contributed by atoms with Gasteiger partial charge in [-0.1, -0.05) is 6.92 Å². The highest BCUT2D eigenvalue weighted by Crippen LogP contribution is 2.14. The van der Waals surface area contributed by atoms with Gasteiger partial charge >= 0.3 is 17.4 Å². The highest BCUT2D eigenvalue weighted by molar-refractivity contribution is 6.66. The minimum absolute atomic E-state index is 0.611. The van der Waals surface area contributed by atoms with Crippen LogP contribution in [0.3, 0.4) is 0 Å². The fourth-order valence-electron chi connectivity index (χ4n) is 2.44. The van der Waals surface area contributed by atoms with E-state index in [1.54, 1.807) is 0 Å². The average molecular weight is 428 g/mol. The maximum atomic E-state index is 5.80.